The van der Waals surface area contributed by atoms with Gasteiger partial charge in [-0.05, 0) is 30.3 Å². The normalized spacial score (nSPS) is 13.4. The topological polar surface area (TPSA) is 15.3 Å². The Morgan fingerprint density at radius 2 is 1.88 bits per heavy atom. The molecule has 2 nitrogen and oxygen atoms in total. The number of anilines is 3. The zero-order valence-electron chi connectivity index (χ0n) is 8.65. The quantitative estimate of drug-likeness (QED) is 0.800. The number of nitrogens with one attached hydrogen (secondary N) is 1. The van der Waals surface area contributed by atoms with Crippen LogP contribution in [0.5, 0.6) is 0 Å². The van der Waals surface area contributed by atoms with E-state index in [9.17, 15) is 0 Å². The lowest BCUT2D eigenvalue weighted by Crippen LogP contribution is -2.15. The van der Waals surface area contributed by atoms with Crippen LogP contribution in [0.15, 0.2) is 48.5 Å². The molecule has 1 heterocycles. The molecule has 80 valence electrons. The van der Waals surface area contributed by atoms with Crippen LogP contribution in [0.2, 0.25) is 5.02 Å². The highest BCUT2D eigenvalue weighted by atomic mass is 35.5. The third kappa shape index (κ3) is 1.51. The fraction of sp³-hybridized carbons (Fsp3) is 0.0769. The van der Waals surface area contributed by atoms with Crippen molar-refractivity contribution in [2.45, 2.75) is 0 Å². The smallest absolute Gasteiger partial charge is 0.0926 e. The van der Waals surface area contributed by atoms with Gasteiger partial charge in [-0.25, -0.2) is 0 Å². The summed E-state index contributed by atoms with van der Waals surface area (Å²) >= 11 is 5.96. The van der Waals surface area contributed by atoms with Gasteiger partial charge in [-0.3, -0.25) is 0 Å². The molecule has 0 radical (unpaired) electrons. The van der Waals surface area contributed by atoms with Crippen LogP contribution in [0.25, 0.3) is 0 Å². The van der Waals surface area contributed by atoms with E-state index in [0.29, 0.717) is 0 Å². The molecule has 1 aliphatic rings. The summed E-state index contributed by atoms with van der Waals surface area (Å²) in [6.07, 6.45) is 0. The predicted octanol–water partition coefficient (Wildman–Crippen LogP) is 3.86. The Hall–Kier alpha value is -1.67. The molecule has 2 aromatic rings. The van der Waals surface area contributed by atoms with Gasteiger partial charge in [0.15, 0.2) is 0 Å². The summed E-state index contributed by atoms with van der Waals surface area (Å²) in [5.74, 6) is 0. The van der Waals surface area contributed by atoms with Gasteiger partial charge in [-0.15, -0.1) is 0 Å². The molecule has 0 atom stereocenters. The molecule has 0 aliphatic carbocycles. The van der Waals surface area contributed by atoms with Crippen molar-refractivity contribution in [3.05, 3.63) is 53.6 Å². The third-order valence-corrected chi connectivity index (χ3v) is 2.98. The van der Waals surface area contributed by atoms with E-state index in [0.717, 1.165) is 17.4 Å². The SMILES string of the molecule is Clc1ccc2c(c1)NCN2c1ccccc1. The maximum absolute atomic E-state index is 5.96. The van der Waals surface area contributed by atoms with E-state index in [1.165, 1.54) is 11.4 Å². The Balaban J connectivity index is 2.04. The molecule has 0 aromatic heterocycles. The van der Waals surface area contributed by atoms with Crippen LogP contribution in [-0.2, 0) is 0 Å². The van der Waals surface area contributed by atoms with Gasteiger partial charge in [0.05, 0.1) is 18.0 Å². The average molecular weight is 231 g/mol. The monoisotopic (exact) mass is 230 g/mol. The second-order valence-electron chi connectivity index (χ2n) is 3.76. The van der Waals surface area contributed by atoms with Crippen molar-refractivity contribution in [1.29, 1.82) is 0 Å². The molecular formula is C13H11ClN2. The summed E-state index contributed by atoms with van der Waals surface area (Å²) in [6.45, 7) is 0.791. The van der Waals surface area contributed by atoms with Crippen molar-refractivity contribution in [3.63, 3.8) is 0 Å². The number of hydrogen-bond donors (Lipinski definition) is 1. The number of hydrogen-bond acceptors (Lipinski definition) is 2. The van der Waals surface area contributed by atoms with Gasteiger partial charge < -0.3 is 10.2 Å². The Morgan fingerprint density at radius 1 is 1.06 bits per heavy atom. The van der Waals surface area contributed by atoms with Crippen LogP contribution >= 0.6 is 11.6 Å². The molecule has 0 saturated heterocycles. The van der Waals surface area contributed by atoms with Crippen LogP contribution in [0.1, 0.15) is 0 Å². The van der Waals surface area contributed by atoms with Gasteiger partial charge >= 0.3 is 0 Å². The maximum atomic E-state index is 5.96. The van der Waals surface area contributed by atoms with E-state index in [1.807, 2.05) is 36.4 Å². The lowest BCUT2D eigenvalue weighted by Gasteiger charge is -2.17. The zero-order chi connectivity index (χ0) is 11.0. The first kappa shape index (κ1) is 9.55. The standard InChI is InChI=1S/C13H11ClN2/c14-10-6-7-13-12(8-10)15-9-16(13)11-4-2-1-3-5-11/h1-8,15H,9H2. The minimum absolute atomic E-state index is 0.765. The van der Waals surface area contributed by atoms with E-state index in [1.54, 1.807) is 0 Å². The molecule has 0 amide bonds. The van der Waals surface area contributed by atoms with Crippen LogP contribution < -0.4 is 10.2 Å². The molecule has 0 spiro atoms. The summed E-state index contributed by atoms with van der Waals surface area (Å²) in [4.78, 5) is 2.23. The van der Waals surface area contributed by atoms with Gasteiger partial charge in [-0.2, -0.15) is 0 Å². The Labute approximate surface area is 99.5 Å². The Kier molecular flexibility index (Phi) is 2.22. The van der Waals surface area contributed by atoms with Gasteiger partial charge in [-0.1, -0.05) is 29.8 Å². The predicted molar refractivity (Wildman–Crippen MR) is 68.5 cm³/mol. The van der Waals surface area contributed by atoms with E-state index in [-0.39, 0.29) is 0 Å². The highest BCUT2D eigenvalue weighted by Crippen LogP contribution is 2.37. The van der Waals surface area contributed by atoms with Gasteiger partial charge in [0.2, 0.25) is 0 Å². The second kappa shape index (κ2) is 3.72. The van der Waals surface area contributed by atoms with Crippen molar-refractivity contribution in [1.82, 2.24) is 0 Å². The first-order valence-electron chi connectivity index (χ1n) is 5.20. The molecule has 1 N–H and O–H groups in total. The van der Waals surface area contributed by atoms with E-state index >= 15 is 0 Å². The average Bonchev–Trinajstić information content (AvgIpc) is 2.73. The van der Waals surface area contributed by atoms with Gasteiger partial charge in [0.25, 0.3) is 0 Å². The third-order valence-electron chi connectivity index (χ3n) is 2.74. The van der Waals surface area contributed by atoms with Crippen LogP contribution in [0.3, 0.4) is 0 Å². The van der Waals surface area contributed by atoms with Crippen molar-refractivity contribution in [2.75, 3.05) is 16.9 Å². The molecular weight excluding hydrogens is 220 g/mol. The number of para-hydroxylation sites is 1. The second-order valence-corrected chi connectivity index (χ2v) is 4.20. The van der Waals surface area contributed by atoms with Crippen molar-refractivity contribution in [2.24, 2.45) is 0 Å². The largest absolute Gasteiger partial charge is 0.366 e. The molecule has 0 fully saturated rings. The zero-order valence-corrected chi connectivity index (χ0v) is 9.41. The molecule has 3 rings (SSSR count). The number of nitrogens with zero attached hydrogens (tertiary/aromatic N) is 1. The summed E-state index contributed by atoms with van der Waals surface area (Å²) in [5.41, 5.74) is 3.46. The summed E-state index contributed by atoms with van der Waals surface area (Å²) in [5, 5.41) is 4.10. The van der Waals surface area contributed by atoms with Crippen LogP contribution in [0.4, 0.5) is 17.1 Å². The highest BCUT2D eigenvalue weighted by Gasteiger charge is 2.19. The molecule has 3 heteroatoms. The summed E-state index contributed by atoms with van der Waals surface area (Å²) < 4.78 is 0. The number of halogens is 1. The lowest BCUT2D eigenvalue weighted by atomic mass is 10.2. The molecule has 2 aromatic carbocycles. The number of rotatable bonds is 1. The van der Waals surface area contributed by atoms with Gasteiger partial charge in [0.1, 0.15) is 0 Å². The Morgan fingerprint density at radius 3 is 2.69 bits per heavy atom. The van der Waals surface area contributed by atoms with E-state index in [2.05, 4.69) is 22.3 Å². The molecule has 0 saturated carbocycles. The summed E-state index contributed by atoms with van der Waals surface area (Å²) in [6, 6.07) is 16.2. The maximum Gasteiger partial charge on any atom is 0.0926 e. The molecule has 16 heavy (non-hydrogen) atoms. The molecule has 0 unspecified atom stereocenters. The lowest BCUT2D eigenvalue weighted by molar-refractivity contribution is 1.10. The first-order valence-corrected chi connectivity index (χ1v) is 5.58. The van der Waals surface area contributed by atoms with E-state index in [4.69, 9.17) is 11.6 Å². The van der Waals surface area contributed by atoms with Crippen molar-refractivity contribution in [3.8, 4) is 0 Å². The molecule has 0 bridgehead atoms. The fourth-order valence-corrected chi connectivity index (χ4v) is 2.15. The number of fused-ring (bicyclic) bond motifs is 1. The van der Waals surface area contributed by atoms with Crippen molar-refractivity contribution < 1.29 is 0 Å². The number of benzene rings is 2. The highest BCUT2D eigenvalue weighted by molar-refractivity contribution is 6.31. The minimum Gasteiger partial charge on any atom is -0.366 e. The minimum atomic E-state index is 0.765. The van der Waals surface area contributed by atoms with Crippen LogP contribution in [-0.4, -0.2) is 6.67 Å². The fourth-order valence-electron chi connectivity index (χ4n) is 1.97. The van der Waals surface area contributed by atoms with E-state index < -0.39 is 0 Å². The first-order chi connectivity index (χ1) is 7.84. The van der Waals surface area contributed by atoms with Crippen molar-refractivity contribution >= 4 is 28.7 Å². The summed E-state index contributed by atoms with van der Waals surface area (Å²) in [7, 11) is 0. The van der Waals surface area contributed by atoms with Gasteiger partial charge in [0, 0.05) is 10.7 Å². The Bertz CT molecular complexity index is 511. The van der Waals surface area contributed by atoms with Crippen LogP contribution in [0, 0.1) is 0 Å². The molecule has 1 aliphatic heterocycles.